The molecule has 1 heterocycles. The van der Waals surface area contributed by atoms with Crippen molar-refractivity contribution >= 4 is 32.7 Å². The number of benzene rings is 6. The second-order valence-electron chi connectivity index (χ2n) is 12.7. The highest BCUT2D eigenvalue weighted by Crippen LogP contribution is 2.42. The third-order valence-electron chi connectivity index (χ3n) is 9.29. The number of hydrogen-bond acceptors (Lipinski definition) is 2. The molecular formula is C52H47NS. The molecule has 0 N–H and O–H groups in total. The van der Waals surface area contributed by atoms with Crippen molar-refractivity contribution in [2.24, 2.45) is 0 Å². The van der Waals surface area contributed by atoms with Crippen LogP contribution in [0.3, 0.4) is 0 Å². The van der Waals surface area contributed by atoms with Gasteiger partial charge in [-0.15, -0.1) is 11.3 Å². The summed E-state index contributed by atoms with van der Waals surface area (Å²) in [5.41, 5.74) is 16.0. The molecule has 0 amide bonds. The summed E-state index contributed by atoms with van der Waals surface area (Å²) in [6.45, 7) is 16.3. The Labute approximate surface area is 325 Å². The van der Waals surface area contributed by atoms with Crippen LogP contribution in [0.5, 0.6) is 0 Å². The maximum absolute atomic E-state index is 5.44. The largest absolute Gasteiger partial charge is 0.235 e. The average molecular weight is 718 g/mol. The molecule has 2 heteroatoms. The molecule has 1 nitrogen and oxygen atoms in total. The van der Waals surface area contributed by atoms with E-state index >= 15 is 0 Å². The average Bonchev–Trinajstić information content (AvgIpc) is 3.69. The zero-order chi connectivity index (χ0) is 37.9. The van der Waals surface area contributed by atoms with E-state index in [0.717, 1.165) is 60.6 Å². The summed E-state index contributed by atoms with van der Waals surface area (Å²) in [5.74, 6) is 0. The molecule has 0 bridgehead atoms. The van der Waals surface area contributed by atoms with Gasteiger partial charge >= 0.3 is 0 Å². The van der Waals surface area contributed by atoms with Crippen LogP contribution in [0, 0.1) is 0 Å². The fourth-order valence-corrected chi connectivity index (χ4v) is 7.72. The van der Waals surface area contributed by atoms with E-state index in [2.05, 4.69) is 185 Å². The second-order valence-corrected chi connectivity index (χ2v) is 13.7. The standard InChI is InChI=1S/C50H41NS.C2H6/c1-5-9-19-36(8-4)44-30-43(35(7-3)18-6-2)31-46(32-44)50-51-49-47(42-27-17-25-40(29-42)38-22-14-11-15-23-38)33-45(34-48(49)52-50)41-26-16-24-39(28-41)37-20-12-10-13-21-37;1-2/h5,7-34H,1,3,6H2,2,4H3;1-2H3/b19-9-,35-18+,36-8+;. The third-order valence-corrected chi connectivity index (χ3v) is 10.3. The zero-order valence-electron chi connectivity index (χ0n) is 31.7. The minimum absolute atomic E-state index is 0.925. The lowest BCUT2D eigenvalue weighted by atomic mass is 9.94. The predicted octanol–water partition coefficient (Wildman–Crippen LogP) is 15.8. The van der Waals surface area contributed by atoms with Gasteiger partial charge in [0.2, 0.25) is 0 Å². The monoisotopic (exact) mass is 717 g/mol. The van der Waals surface area contributed by atoms with Crippen molar-refractivity contribution in [3.63, 3.8) is 0 Å². The Balaban J connectivity index is 0.00000245. The lowest BCUT2D eigenvalue weighted by molar-refractivity contribution is 1.23. The number of fused-ring (bicyclic) bond motifs is 1. The van der Waals surface area contributed by atoms with Crippen LogP contribution >= 0.6 is 11.3 Å². The first-order valence-electron chi connectivity index (χ1n) is 18.8. The molecule has 1 aromatic heterocycles. The van der Waals surface area contributed by atoms with Crippen molar-refractivity contribution in [2.75, 3.05) is 0 Å². The Hall–Kier alpha value is -6.09. The quantitative estimate of drug-likeness (QED) is 0.121. The normalized spacial score (nSPS) is 11.7. The van der Waals surface area contributed by atoms with E-state index in [-0.39, 0.29) is 0 Å². The Morgan fingerprint density at radius 2 is 1.15 bits per heavy atom. The number of rotatable bonds is 11. The van der Waals surface area contributed by atoms with Crippen molar-refractivity contribution in [1.29, 1.82) is 0 Å². The fourth-order valence-electron chi connectivity index (χ4n) is 6.70. The summed E-state index contributed by atoms with van der Waals surface area (Å²) in [6.07, 6.45) is 13.2. The number of hydrogen-bond donors (Lipinski definition) is 0. The van der Waals surface area contributed by atoms with Gasteiger partial charge in [-0.2, -0.15) is 0 Å². The second kappa shape index (κ2) is 18.1. The van der Waals surface area contributed by atoms with Crippen molar-refractivity contribution in [3.8, 4) is 55.1 Å². The molecule has 0 saturated carbocycles. The van der Waals surface area contributed by atoms with Crippen LogP contribution in [0.4, 0.5) is 0 Å². The summed E-state index contributed by atoms with van der Waals surface area (Å²) in [7, 11) is 0. The van der Waals surface area contributed by atoms with Gasteiger partial charge in [0.15, 0.2) is 0 Å². The lowest BCUT2D eigenvalue weighted by Gasteiger charge is -2.11. The van der Waals surface area contributed by atoms with E-state index in [0.29, 0.717) is 0 Å². The molecule has 0 radical (unpaired) electrons. The molecule has 266 valence electrons. The van der Waals surface area contributed by atoms with E-state index in [1.807, 2.05) is 32.1 Å². The van der Waals surface area contributed by atoms with Gasteiger partial charge in [0.25, 0.3) is 0 Å². The first-order chi connectivity index (χ1) is 26.6. The van der Waals surface area contributed by atoms with Crippen LogP contribution in [0.2, 0.25) is 0 Å². The zero-order valence-corrected chi connectivity index (χ0v) is 32.5. The van der Waals surface area contributed by atoms with Gasteiger partial charge in [-0.05, 0) is 117 Å². The van der Waals surface area contributed by atoms with E-state index in [9.17, 15) is 0 Å². The highest BCUT2D eigenvalue weighted by molar-refractivity contribution is 7.21. The predicted molar refractivity (Wildman–Crippen MR) is 240 cm³/mol. The van der Waals surface area contributed by atoms with E-state index < -0.39 is 0 Å². The number of allylic oxidation sites excluding steroid dienone is 8. The van der Waals surface area contributed by atoms with Crippen LogP contribution in [0.1, 0.15) is 45.2 Å². The summed E-state index contributed by atoms with van der Waals surface area (Å²) in [4.78, 5) is 5.44. The summed E-state index contributed by atoms with van der Waals surface area (Å²) < 4.78 is 1.15. The lowest BCUT2D eigenvalue weighted by Crippen LogP contribution is -1.90. The topological polar surface area (TPSA) is 12.9 Å². The van der Waals surface area contributed by atoms with Gasteiger partial charge < -0.3 is 0 Å². The third kappa shape index (κ3) is 8.41. The molecule has 0 aliphatic rings. The molecule has 54 heavy (non-hydrogen) atoms. The Kier molecular flexibility index (Phi) is 12.6. The summed E-state index contributed by atoms with van der Waals surface area (Å²) >= 11 is 1.75. The summed E-state index contributed by atoms with van der Waals surface area (Å²) in [5, 5.41) is 0.983. The van der Waals surface area contributed by atoms with Gasteiger partial charge in [0.1, 0.15) is 5.01 Å². The SMILES string of the molecule is C=C/C=C\C(=C/C)c1cc(/C(C=C)=C/CC)cc(-c2nc3c(-c4cccc(-c5ccccc5)c4)cc(-c4cccc(-c5ccccc5)c4)cc3s2)c1.CC. The van der Waals surface area contributed by atoms with Gasteiger partial charge in [0.05, 0.1) is 10.2 Å². The highest BCUT2D eigenvalue weighted by atomic mass is 32.1. The molecule has 0 aliphatic heterocycles. The minimum atomic E-state index is 0.925. The fraction of sp³-hybridized carbons (Fsp3) is 0.0962. The van der Waals surface area contributed by atoms with Crippen molar-refractivity contribution in [2.45, 2.75) is 34.1 Å². The van der Waals surface area contributed by atoms with Gasteiger partial charge in [-0.3, -0.25) is 0 Å². The molecule has 0 saturated heterocycles. The number of aromatic nitrogens is 1. The minimum Gasteiger partial charge on any atom is -0.235 e. The molecule has 0 atom stereocenters. The maximum atomic E-state index is 5.44. The van der Waals surface area contributed by atoms with Gasteiger partial charge in [-0.1, -0.05) is 167 Å². The number of thiazole rings is 1. The van der Waals surface area contributed by atoms with Gasteiger partial charge in [0, 0.05) is 11.1 Å². The molecule has 0 aliphatic carbocycles. The van der Waals surface area contributed by atoms with Crippen LogP contribution in [0.25, 0.3) is 76.4 Å². The van der Waals surface area contributed by atoms with Crippen molar-refractivity contribution in [1.82, 2.24) is 4.98 Å². The molecular weight excluding hydrogens is 671 g/mol. The van der Waals surface area contributed by atoms with Crippen molar-refractivity contribution < 1.29 is 0 Å². The van der Waals surface area contributed by atoms with Crippen LogP contribution < -0.4 is 0 Å². The van der Waals surface area contributed by atoms with Crippen molar-refractivity contribution in [3.05, 3.63) is 200 Å². The Morgan fingerprint density at radius 3 is 1.72 bits per heavy atom. The maximum Gasteiger partial charge on any atom is 0.124 e. The summed E-state index contributed by atoms with van der Waals surface area (Å²) in [6, 6.07) is 50.3. The van der Waals surface area contributed by atoms with Gasteiger partial charge in [-0.25, -0.2) is 4.98 Å². The highest BCUT2D eigenvalue weighted by Gasteiger charge is 2.17. The molecule has 0 spiro atoms. The first-order valence-corrected chi connectivity index (χ1v) is 19.6. The van der Waals surface area contributed by atoms with E-state index in [1.54, 1.807) is 11.3 Å². The van der Waals surface area contributed by atoms with E-state index in [4.69, 9.17) is 4.98 Å². The first kappa shape index (κ1) is 37.7. The smallest absolute Gasteiger partial charge is 0.124 e. The van der Waals surface area contributed by atoms with Crippen LogP contribution in [0.15, 0.2) is 189 Å². The van der Waals surface area contributed by atoms with Crippen LogP contribution in [-0.4, -0.2) is 4.98 Å². The Bertz CT molecular complexity index is 2470. The molecule has 0 unspecified atom stereocenters. The molecule has 7 aromatic rings. The molecule has 0 fully saturated rings. The van der Waals surface area contributed by atoms with Crippen LogP contribution in [-0.2, 0) is 0 Å². The molecule has 7 rings (SSSR count). The molecule has 6 aromatic carbocycles. The Morgan fingerprint density at radius 1 is 0.593 bits per heavy atom. The number of nitrogens with zero attached hydrogens (tertiary/aromatic N) is 1. The van der Waals surface area contributed by atoms with E-state index in [1.165, 1.54) is 33.4 Å².